The summed E-state index contributed by atoms with van der Waals surface area (Å²) in [5.41, 5.74) is 2.68. The molecule has 1 aliphatic heterocycles. The molecule has 21 heavy (non-hydrogen) atoms. The molecule has 0 spiro atoms. The second-order valence-corrected chi connectivity index (χ2v) is 4.58. The van der Waals surface area contributed by atoms with Crippen LogP contribution in [0.15, 0.2) is 53.5 Å². The SMILES string of the molecule is O=C1CN=C(c2ccccc2)c2cc(N([O-])O)ccc2N1. The number of nitrogens with zero attached hydrogens (tertiary/aromatic N) is 2. The van der Waals surface area contributed by atoms with Crippen LogP contribution in [0.5, 0.6) is 0 Å². The largest absolute Gasteiger partial charge is 0.733 e. The summed E-state index contributed by atoms with van der Waals surface area (Å²) in [5, 5.41) is 22.6. The average Bonchev–Trinajstić information content (AvgIpc) is 2.65. The number of anilines is 2. The van der Waals surface area contributed by atoms with Gasteiger partial charge in [0.05, 0.1) is 17.1 Å². The molecule has 0 unspecified atom stereocenters. The van der Waals surface area contributed by atoms with Gasteiger partial charge in [-0.15, -0.1) is 0 Å². The molecule has 106 valence electrons. The minimum absolute atomic E-state index is 0.00839. The predicted octanol–water partition coefficient (Wildman–Crippen LogP) is 2.17. The van der Waals surface area contributed by atoms with Gasteiger partial charge in [0, 0.05) is 11.1 Å². The number of nitrogens with one attached hydrogen (secondary N) is 1. The summed E-state index contributed by atoms with van der Waals surface area (Å²) in [6.45, 7) is 0.00839. The van der Waals surface area contributed by atoms with Gasteiger partial charge in [0.2, 0.25) is 5.91 Å². The molecule has 0 aliphatic carbocycles. The van der Waals surface area contributed by atoms with Crippen molar-refractivity contribution in [3.8, 4) is 0 Å². The van der Waals surface area contributed by atoms with Gasteiger partial charge in [0.1, 0.15) is 6.54 Å². The Kier molecular flexibility index (Phi) is 3.39. The summed E-state index contributed by atoms with van der Waals surface area (Å²) in [6, 6.07) is 13.9. The second kappa shape index (κ2) is 5.35. The van der Waals surface area contributed by atoms with Crippen LogP contribution in [-0.2, 0) is 4.79 Å². The number of hydrogen-bond acceptors (Lipinski definition) is 5. The third kappa shape index (κ3) is 2.62. The third-order valence-electron chi connectivity index (χ3n) is 3.18. The number of benzodiazepines with no additional fused rings is 1. The van der Waals surface area contributed by atoms with Crippen molar-refractivity contribution in [1.29, 1.82) is 0 Å². The van der Waals surface area contributed by atoms with Crippen molar-refractivity contribution in [2.24, 2.45) is 4.99 Å². The summed E-state index contributed by atoms with van der Waals surface area (Å²) in [6.07, 6.45) is 0. The molecule has 6 nitrogen and oxygen atoms in total. The molecule has 6 heteroatoms. The van der Waals surface area contributed by atoms with E-state index in [0.29, 0.717) is 17.0 Å². The minimum atomic E-state index is -0.224. The number of benzene rings is 2. The molecule has 1 amide bonds. The van der Waals surface area contributed by atoms with E-state index >= 15 is 0 Å². The standard InChI is InChI=1S/C15H12N3O3/c19-14-9-16-15(10-4-2-1-3-5-10)12-8-11(18(20)21)6-7-13(12)17-14/h1-8,20H,9H2,(H,17,19)/q-1. The third-order valence-corrected chi connectivity index (χ3v) is 3.18. The Morgan fingerprint density at radius 2 is 1.95 bits per heavy atom. The topological polar surface area (TPSA) is 88.0 Å². The van der Waals surface area contributed by atoms with Gasteiger partial charge in [0.25, 0.3) is 0 Å². The summed E-state index contributed by atoms with van der Waals surface area (Å²) in [7, 11) is 0. The van der Waals surface area contributed by atoms with Gasteiger partial charge in [-0.2, -0.15) is 0 Å². The van der Waals surface area contributed by atoms with E-state index < -0.39 is 0 Å². The molecule has 2 N–H and O–H groups in total. The van der Waals surface area contributed by atoms with Crippen LogP contribution in [0.25, 0.3) is 0 Å². The smallest absolute Gasteiger partial charge is 0.246 e. The van der Waals surface area contributed by atoms with Crippen LogP contribution in [0.3, 0.4) is 0 Å². The molecule has 1 aliphatic rings. The van der Waals surface area contributed by atoms with Crippen molar-refractivity contribution >= 4 is 23.0 Å². The molecule has 0 fully saturated rings. The molecule has 0 saturated carbocycles. The van der Waals surface area contributed by atoms with Gasteiger partial charge in [-0.05, 0) is 18.2 Å². The normalized spacial score (nSPS) is 13.8. The number of rotatable bonds is 2. The highest BCUT2D eigenvalue weighted by molar-refractivity contribution is 6.19. The van der Waals surface area contributed by atoms with Crippen LogP contribution in [0.1, 0.15) is 11.1 Å². The lowest BCUT2D eigenvalue weighted by Gasteiger charge is -2.23. The van der Waals surface area contributed by atoms with E-state index in [1.165, 1.54) is 12.1 Å². The van der Waals surface area contributed by atoms with Crippen LogP contribution >= 0.6 is 0 Å². The van der Waals surface area contributed by atoms with E-state index in [2.05, 4.69) is 10.3 Å². The highest BCUT2D eigenvalue weighted by Gasteiger charge is 2.18. The molecule has 3 rings (SSSR count). The Morgan fingerprint density at radius 1 is 1.19 bits per heavy atom. The Balaban J connectivity index is 2.18. The van der Waals surface area contributed by atoms with Crippen molar-refractivity contribution < 1.29 is 10.0 Å². The van der Waals surface area contributed by atoms with Crippen LogP contribution < -0.4 is 10.5 Å². The lowest BCUT2D eigenvalue weighted by molar-refractivity contribution is -0.114. The van der Waals surface area contributed by atoms with E-state index in [1.54, 1.807) is 6.07 Å². The molecule has 0 aromatic heterocycles. The van der Waals surface area contributed by atoms with E-state index in [0.717, 1.165) is 5.56 Å². The van der Waals surface area contributed by atoms with Crippen LogP contribution in [-0.4, -0.2) is 23.4 Å². The fourth-order valence-electron chi connectivity index (χ4n) is 2.22. The number of fused-ring (bicyclic) bond motifs is 1. The Hall–Kier alpha value is -2.70. The first-order chi connectivity index (χ1) is 10.1. The molecule has 2 aromatic carbocycles. The van der Waals surface area contributed by atoms with E-state index in [1.807, 2.05) is 30.3 Å². The van der Waals surface area contributed by atoms with Crippen LogP contribution in [0.2, 0.25) is 0 Å². The van der Waals surface area contributed by atoms with Gasteiger partial charge in [-0.3, -0.25) is 15.0 Å². The summed E-state index contributed by atoms with van der Waals surface area (Å²) < 4.78 is 0. The molecule has 2 aromatic rings. The number of aliphatic imine (C=N–C) groups is 1. The zero-order valence-corrected chi connectivity index (χ0v) is 11.0. The lowest BCUT2D eigenvalue weighted by atomic mass is 10.00. The molecule has 0 saturated heterocycles. The van der Waals surface area contributed by atoms with Gasteiger partial charge < -0.3 is 15.8 Å². The monoisotopic (exact) mass is 282 g/mol. The first-order valence-electron chi connectivity index (χ1n) is 6.35. The lowest BCUT2D eigenvalue weighted by Crippen LogP contribution is -2.14. The Bertz CT molecular complexity index is 711. The summed E-state index contributed by atoms with van der Waals surface area (Å²) >= 11 is 0. The molecule has 0 radical (unpaired) electrons. The van der Waals surface area contributed by atoms with Crippen molar-refractivity contribution in [2.45, 2.75) is 0 Å². The van der Waals surface area contributed by atoms with Gasteiger partial charge in [-0.25, -0.2) is 0 Å². The Labute approximate surface area is 120 Å². The predicted molar refractivity (Wildman–Crippen MR) is 79.7 cm³/mol. The number of amides is 1. The highest BCUT2D eigenvalue weighted by Crippen LogP contribution is 2.27. The summed E-state index contributed by atoms with van der Waals surface area (Å²) in [4.78, 5) is 16.0. The van der Waals surface area contributed by atoms with Crippen molar-refractivity contribution in [3.63, 3.8) is 0 Å². The van der Waals surface area contributed by atoms with E-state index in [-0.39, 0.29) is 23.4 Å². The molecule has 0 atom stereocenters. The summed E-state index contributed by atoms with van der Waals surface area (Å²) in [5.74, 6) is -0.224. The first kappa shape index (κ1) is 13.3. The maximum absolute atomic E-state index is 11.7. The Morgan fingerprint density at radius 3 is 2.67 bits per heavy atom. The molecular weight excluding hydrogens is 270 g/mol. The fraction of sp³-hybridized carbons (Fsp3) is 0.0667. The molecule has 1 heterocycles. The second-order valence-electron chi connectivity index (χ2n) is 4.58. The number of hydrogen-bond donors (Lipinski definition) is 2. The highest BCUT2D eigenvalue weighted by atomic mass is 16.8. The molecular formula is C15H12N3O3-. The quantitative estimate of drug-likeness (QED) is 0.826. The van der Waals surface area contributed by atoms with Crippen molar-refractivity contribution in [1.82, 2.24) is 0 Å². The number of carbonyl (C=O) groups is 1. The van der Waals surface area contributed by atoms with Crippen LogP contribution in [0.4, 0.5) is 11.4 Å². The van der Waals surface area contributed by atoms with Crippen molar-refractivity contribution in [3.05, 3.63) is 64.9 Å². The van der Waals surface area contributed by atoms with E-state index in [9.17, 15) is 10.0 Å². The number of carbonyl (C=O) groups excluding carboxylic acids is 1. The zero-order chi connectivity index (χ0) is 14.8. The van der Waals surface area contributed by atoms with Crippen molar-refractivity contribution in [2.75, 3.05) is 17.1 Å². The minimum Gasteiger partial charge on any atom is -0.733 e. The average molecular weight is 282 g/mol. The zero-order valence-electron chi connectivity index (χ0n) is 11.0. The maximum Gasteiger partial charge on any atom is 0.246 e. The fourth-order valence-corrected chi connectivity index (χ4v) is 2.22. The van der Waals surface area contributed by atoms with Gasteiger partial charge in [-0.1, -0.05) is 30.3 Å². The first-order valence-corrected chi connectivity index (χ1v) is 6.35. The molecule has 0 bridgehead atoms. The van der Waals surface area contributed by atoms with E-state index in [4.69, 9.17) is 5.21 Å². The van der Waals surface area contributed by atoms with Gasteiger partial charge in [0.15, 0.2) is 0 Å². The van der Waals surface area contributed by atoms with Gasteiger partial charge >= 0.3 is 0 Å². The van der Waals surface area contributed by atoms with Crippen LogP contribution in [0, 0.1) is 5.21 Å². The maximum atomic E-state index is 11.7.